The average molecular weight is 464 g/mol. The second-order valence-electron chi connectivity index (χ2n) is 7.93. The van der Waals surface area contributed by atoms with Crippen LogP contribution in [0.15, 0.2) is 53.9 Å². The van der Waals surface area contributed by atoms with E-state index < -0.39 is 45.7 Å². The van der Waals surface area contributed by atoms with E-state index in [4.69, 9.17) is 4.74 Å². The van der Waals surface area contributed by atoms with Gasteiger partial charge in [-0.3, -0.25) is 4.98 Å². The molecule has 170 valence electrons. The Kier molecular flexibility index (Phi) is 6.31. The molecule has 1 amide bonds. The first-order valence-corrected chi connectivity index (χ1v) is 11.0. The molecular formula is C21H22F2N4O4S. The Bertz CT molecular complexity index is 1240. The third-order valence-corrected chi connectivity index (χ3v) is 6.46. The maximum absolute atomic E-state index is 15.4. The molecule has 32 heavy (non-hydrogen) atoms. The van der Waals surface area contributed by atoms with Crippen LogP contribution in [-0.2, 0) is 21.4 Å². The Balaban J connectivity index is 2.09. The molecule has 0 aliphatic carbocycles. The SMILES string of the molecule is CN(C(=O)OCc1cn(S(=O)(=O)c2cccnc2)c(-c2cccnc2F)c1F)C(C)(C)C. The normalized spacial score (nSPS) is 11.9. The highest BCUT2D eigenvalue weighted by Crippen LogP contribution is 2.32. The minimum absolute atomic E-state index is 0.225. The van der Waals surface area contributed by atoms with Crippen LogP contribution >= 0.6 is 0 Å². The lowest BCUT2D eigenvalue weighted by Gasteiger charge is -2.30. The number of carbonyl (C=O) groups excluding carboxylic acids is 1. The number of amides is 1. The first-order valence-electron chi connectivity index (χ1n) is 9.51. The number of hydrogen-bond acceptors (Lipinski definition) is 6. The summed E-state index contributed by atoms with van der Waals surface area (Å²) in [6.45, 7) is 4.80. The number of halogens is 2. The van der Waals surface area contributed by atoms with Crippen LogP contribution in [0, 0.1) is 11.8 Å². The first kappa shape index (κ1) is 23.3. The predicted octanol–water partition coefficient (Wildman–Crippen LogP) is 3.83. The lowest BCUT2D eigenvalue weighted by Crippen LogP contribution is -2.42. The molecule has 0 spiro atoms. The molecule has 0 saturated carbocycles. The summed E-state index contributed by atoms with van der Waals surface area (Å²) in [6.07, 6.45) is 3.87. The monoisotopic (exact) mass is 464 g/mol. The summed E-state index contributed by atoms with van der Waals surface area (Å²) in [4.78, 5) is 20.6. The summed E-state index contributed by atoms with van der Waals surface area (Å²) in [5, 5.41) is 0. The van der Waals surface area contributed by atoms with E-state index in [0.29, 0.717) is 3.97 Å². The Labute approximate surface area is 184 Å². The molecule has 0 aliphatic rings. The quantitative estimate of drug-likeness (QED) is 0.533. The fourth-order valence-corrected chi connectivity index (χ4v) is 4.08. The maximum Gasteiger partial charge on any atom is 0.410 e. The molecule has 8 nitrogen and oxygen atoms in total. The van der Waals surface area contributed by atoms with Gasteiger partial charge in [0.1, 0.15) is 17.2 Å². The number of ether oxygens (including phenoxy) is 1. The van der Waals surface area contributed by atoms with Gasteiger partial charge < -0.3 is 9.64 Å². The van der Waals surface area contributed by atoms with Gasteiger partial charge in [0.05, 0.1) is 5.56 Å². The fourth-order valence-electron chi connectivity index (χ4n) is 2.72. The van der Waals surface area contributed by atoms with Crippen molar-refractivity contribution in [3.63, 3.8) is 0 Å². The van der Waals surface area contributed by atoms with Crippen molar-refractivity contribution in [3.05, 3.63) is 66.4 Å². The highest BCUT2D eigenvalue weighted by molar-refractivity contribution is 7.90. The minimum atomic E-state index is -4.35. The lowest BCUT2D eigenvalue weighted by molar-refractivity contribution is 0.0753. The maximum atomic E-state index is 15.4. The van der Waals surface area contributed by atoms with Crippen molar-refractivity contribution in [3.8, 4) is 11.3 Å². The molecule has 0 radical (unpaired) electrons. The zero-order valence-corrected chi connectivity index (χ0v) is 18.7. The van der Waals surface area contributed by atoms with Crippen LogP contribution in [0.5, 0.6) is 0 Å². The second-order valence-corrected chi connectivity index (χ2v) is 9.75. The van der Waals surface area contributed by atoms with Crippen LogP contribution in [-0.4, -0.2) is 45.9 Å². The Morgan fingerprint density at radius 1 is 1.19 bits per heavy atom. The zero-order valence-electron chi connectivity index (χ0n) is 17.9. The molecule has 0 saturated heterocycles. The van der Waals surface area contributed by atoms with Gasteiger partial charge in [0.25, 0.3) is 10.0 Å². The summed E-state index contributed by atoms with van der Waals surface area (Å²) in [7, 11) is -2.82. The molecule has 3 aromatic rings. The van der Waals surface area contributed by atoms with Gasteiger partial charge in [0, 0.05) is 42.9 Å². The fraction of sp³-hybridized carbons (Fsp3) is 0.286. The van der Waals surface area contributed by atoms with Crippen molar-refractivity contribution < 1.29 is 26.7 Å². The average Bonchev–Trinajstić information content (AvgIpc) is 3.08. The minimum Gasteiger partial charge on any atom is -0.444 e. The molecule has 0 fully saturated rings. The van der Waals surface area contributed by atoms with Crippen LogP contribution in [0.4, 0.5) is 13.6 Å². The van der Waals surface area contributed by atoms with E-state index in [1.54, 1.807) is 20.8 Å². The van der Waals surface area contributed by atoms with Crippen molar-refractivity contribution in [2.75, 3.05) is 7.05 Å². The predicted molar refractivity (Wildman–Crippen MR) is 112 cm³/mol. The van der Waals surface area contributed by atoms with E-state index in [-0.39, 0.29) is 16.0 Å². The van der Waals surface area contributed by atoms with E-state index in [1.165, 1.54) is 42.4 Å². The van der Waals surface area contributed by atoms with Crippen molar-refractivity contribution in [1.29, 1.82) is 0 Å². The van der Waals surface area contributed by atoms with Crippen molar-refractivity contribution in [2.45, 2.75) is 37.8 Å². The van der Waals surface area contributed by atoms with Crippen LogP contribution in [0.2, 0.25) is 0 Å². The summed E-state index contributed by atoms with van der Waals surface area (Å²) in [5.41, 5.74) is -1.71. The van der Waals surface area contributed by atoms with Gasteiger partial charge in [0.15, 0.2) is 5.82 Å². The molecule has 3 heterocycles. The molecule has 0 aromatic carbocycles. The number of nitrogens with zero attached hydrogens (tertiary/aromatic N) is 4. The summed E-state index contributed by atoms with van der Waals surface area (Å²) < 4.78 is 61.9. The highest BCUT2D eigenvalue weighted by Gasteiger charge is 2.30. The standard InChI is InChI=1S/C21H22F2N4O4S/c1-21(2,3)26(4)20(28)31-13-14-12-27(32(29,30)15-7-5-9-24-11-15)18(17(14)22)16-8-6-10-25-19(16)23/h5-12H,13H2,1-4H3. The van der Waals surface area contributed by atoms with Crippen molar-refractivity contribution in [1.82, 2.24) is 18.8 Å². The third kappa shape index (κ3) is 4.47. The summed E-state index contributed by atoms with van der Waals surface area (Å²) in [5.74, 6) is -2.10. The molecular weight excluding hydrogens is 442 g/mol. The van der Waals surface area contributed by atoms with Crippen LogP contribution in [0.3, 0.4) is 0 Å². The largest absolute Gasteiger partial charge is 0.444 e. The van der Waals surface area contributed by atoms with E-state index in [9.17, 15) is 17.6 Å². The van der Waals surface area contributed by atoms with Gasteiger partial charge in [-0.15, -0.1) is 0 Å². The van der Waals surface area contributed by atoms with Gasteiger partial charge in [-0.05, 0) is 45.0 Å². The molecule has 0 aliphatic heterocycles. The Morgan fingerprint density at radius 3 is 2.47 bits per heavy atom. The van der Waals surface area contributed by atoms with E-state index in [1.807, 2.05) is 0 Å². The number of pyridine rings is 2. The smallest absolute Gasteiger partial charge is 0.410 e. The van der Waals surface area contributed by atoms with Gasteiger partial charge in [-0.25, -0.2) is 26.6 Å². The van der Waals surface area contributed by atoms with Gasteiger partial charge in [0.2, 0.25) is 5.95 Å². The molecule has 0 atom stereocenters. The van der Waals surface area contributed by atoms with Crippen molar-refractivity contribution >= 4 is 16.1 Å². The number of carbonyl (C=O) groups is 1. The lowest BCUT2D eigenvalue weighted by atomic mass is 10.1. The van der Waals surface area contributed by atoms with Crippen molar-refractivity contribution in [2.24, 2.45) is 0 Å². The second kappa shape index (κ2) is 8.65. The van der Waals surface area contributed by atoms with Crippen LogP contribution in [0.1, 0.15) is 26.3 Å². The summed E-state index contributed by atoms with van der Waals surface area (Å²) in [6, 6.07) is 5.24. The number of hydrogen-bond donors (Lipinski definition) is 0. The first-order chi connectivity index (χ1) is 14.9. The van der Waals surface area contributed by atoms with Gasteiger partial charge in [-0.1, -0.05) is 0 Å². The topological polar surface area (TPSA) is 94.4 Å². The molecule has 0 N–H and O–H groups in total. The van der Waals surface area contributed by atoms with Crippen LogP contribution in [0.25, 0.3) is 11.3 Å². The Morgan fingerprint density at radius 2 is 1.88 bits per heavy atom. The molecule has 0 unspecified atom stereocenters. The van der Waals surface area contributed by atoms with Gasteiger partial charge in [-0.2, -0.15) is 4.39 Å². The number of rotatable bonds is 5. The number of aromatic nitrogens is 3. The highest BCUT2D eigenvalue weighted by atomic mass is 32.2. The van der Waals surface area contributed by atoms with Crippen LogP contribution < -0.4 is 0 Å². The van der Waals surface area contributed by atoms with E-state index >= 15 is 4.39 Å². The summed E-state index contributed by atoms with van der Waals surface area (Å²) >= 11 is 0. The molecule has 11 heteroatoms. The van der Waals surface area contributed by atoms with E-state index in [2.05, 4.69) is 9.97 Å². The Hall–Kier alpha value is -3.34. The molecule has 3 rings (SSSR count). The van der Waals surface area contributed by atoms with Gasteiger partial charge >= 0.3 is 6.09 Å². The molecule has 3 aromatic heterocycles. The zero-order chi connectivity index (χ0) is 23.7. The third-order valence-electron chi connectivity index (χ3n) is 4.82. The molecule has 0 bridgehead atoms. The van der Waals surface area contributed by atoms with E-state index in [0.717, 1.165) is 18.6 Å².